The van der Waals surface area contributed by atoms with Crippen LogP contribution in [0.3, 0.4) is 0 Å². The number of nitrogens with one attached hydrogen (secondary N) is 2. The second kappa shape index (κ2) is 11.2. The molecule has 11 heteroatoms. The van der Waals surface area contributed by atoms with Crippen LogP contribution in [0.5, 0.6) is 5.75 Å². The summed E-state index contributed by atoms with van der Waals surface area (Å²) < 4.78 is 7.00. The van der Waals surface area contributed by atoms with Crippen molar-refractivity contribution in [2.24, 2.45) is 0 Å². The molecule has 0 spiro atoms. The molecule has 168 valence electrons. The molecule has 32 heavy (non-hydrogen) atoms. The van der Waals surface area contributed by atoms with Gasteiger partial charge in [-0.3, -0.25) is 9.59 Å². The maximum absolute atomic E-state index is 12.4. The molecular formula is C21H21Cl2N5O3S. The van der Waals surface area contributed by atoms with Gasteiger partial charge in [0.15, 0.2) is 11.0 Å². The van der Waals surface area contributed by atoms with Crippen LogP contribution in [0.4, 0.5) is 5.69 Å². The van der Waals surface area contributed by atoms with Crippen LogP contribution < -0.4 is 15.4 Å². The van der Waals surface area contributed by atoms with Gasteiger partial charge in [0.25, 0.3) is 5.91 Å². The third-order valence-electron chi connectivity index (χ3n) is 4.38. The zero-order chi connectivity index (χ0) is 23.1. The van der Waals surface area contributed by atoms with E-state index in [9.17, 15) is 9.59 Å². The molecular weight excluding hydrogens is 473 g/mol. The summed E-state index contributed by atoms with van der Waals surface area (Å²) in [7, 11) is 1.57. The lowest BCUT2D eigenvalue weighted by Gasteiger charge is -2.09. The van der Waals surface area contributed by atoms with E-state index in [-0.39, 0.29) is 24.1 Å². The van der Waals surface area contributed by atoms with Crippen molar-refractivity contribution in [2.45, 2.75) is 25.2 Å². The van der Waals surface area contributed by atoms with Gasteiger partial charge in [-0.05, 0) is 37.3 Å². The first-order valence-electron chi connectivity index (χ1n) is 9.63. The summed E-state index contributed by atoms with van der Waals surface area (Å²) in [5.74, 6) is 0.917. The third kappa shape index (κ3) is 6.15. The quantitative estimate of drug-likeness (QED) is 0.431. The first kappa shape index (κ1) is 23.9. The van der Waals surface area contributed by atoms with Crippen molar-refractivity contribution in [2.75, 3.05) is 18.2 Å². The fraction of sp³-hybridized carbons (Fsp3) is 0.238. The number of aromatic nitrogens is 3. The van der Waals surface area contributed by atoms with Gasteiger partial charge in [0.05, 0.1) is 29.5 Å². The Hall–Kier alpha value is -2.75. The summed E-state index contributed by atoms with van der Waals surface area (Å²) in [6.07, 6.45) is 0. The lowest BCUT2D eigenvalue weighted by Crippen LogP contribution is -2.24. The number of hydrogen-bond donors (Lipinski definition) is 2. The number of anilines is 1. The average molecular weight is 494 g/mol. The highest BCUT2D eigenvalue weighted by Gasteiger charge is 2.15. The molecule has 2 aromatic carbocycles. The normalized spacial score (nSPS) is 10.6. The predicted octanol–water partition coefficient (Wildman–Crippen LogP) is 4.27. The van der Waals surface area contributed by atoms with E-state index in [4.69, 9.17) is 27.9 Å². The Kier molecular flexibility index (Phi) is 8.38. The molecule has 1 heterocycles. The minimum absolute atomic E-state index is 0.158. The topological polar surface area (TPSA) is 98.1 Å². The van der Waals surface area contributed by atoms with Crippen molar-refractivity contribution in [3.05, 3.63) is 63.9 Å². The maximum Gasteiger partial charge on any atom is 0.251 e. The van der Waals surface area contributed by atoms with Crippen LogP contribution in [0.1, 0.15) is 23.1 Å². The summed E-state index contributed by atoms with van der Waals surface area (Å²) in [6.45, 7) is 2.70. The van der Waals surface area contributed by atoms with E-state index in [1.807, 2.05) is 11.5 Å². The lowest BCUT2D eigenvalue weighted by molar-refractivity contribution is -0.113. The highest BCUT2D eigenvalue weighted by Crippen LogP contribution is 2.23. The fourth-order valence-corrected chi connectivity index (χ4v) is 3.92. The summed E-state index contributed by atoms with van der Waals surface area (Å²) in [5.41, 5.74) is 1.04. The Morgan fingerprint density at radius 2 is 1.94 bits per heavy atom. The maximum atomic E-state index is 12.4. The molecule has 8 nitrogen and oxygen atoms in total. The molecule has 0 aliphatic rings. The Morgan fingerprint density at radius 3 is 2.66 bits per heavy atom. The second-order valence-electron chi connectivity index (χ2n) is 6.52. The molecule has 0 saturated heterocycles. The standard InChI is InChI=1S/C21H21Cl2N5O3S/c1-3-28-18(11-24-20(30)13-7-8-16(22)17(23)9-13)26-27-21(28)32-12-19(29)25-14-5-4-6-15(10-14)31-2/h4-10H,3,11-12H2,1-2H3,(H,24,30)(H,25,29). The molecule has 1 aromatic heterocycles. The minimum atomic E-state index is -0.305. The zero-order valence-corrected chi connectivity index (χ0v) is 19.7. The fourth-order valence-electron chi connectivity index (χ4n) is 2.80. The molecule has 0 unspecified atom stereocenters. The molecule has 0 aliphatic heterocycles. The Bertz CT molecular complexity index is 1120. The van der Waals surface area contributed by atoms with Crippen LogP contribution in [0.25, 0.3) is 0 Å². The molecule has 0 radical (unpaired) electrons. The highest BCUT2D eigenvalue weighted by molar-refractivity contribution is 7.99. The number of carbonyl (C=O) groups excluding carboxylic acids is 2. The van der Waals surface area contributed by atoms with E-state index < -0.39 is 0 Å². The van der Waals surface area contributed by atoms with Gasteiger partial charge in [-0.25, -0.2) is 0 Å². The molecule has 0 atom stereocenters. The Morgan fingerprint density at radius 1 is 1.12 bits per heavy atom. The summed E-state index contributed by atoms with van der Waals surface area (Å²) >= 11 is 13.1. The van der Waals surface area contributed by atoms with Gasteiger partial charge in [-0.1, -0.05) is 41.0 Å². The van der Waals surface area contributed by atoms with Crippen LogP contribution in [0.2, 0.25) is 10.0 Å². The van der Waals surface area contributed by atoms with E-state index in [1.165, 1.54) is 17.8 Å². The largest absolute Gasteiger partial charge is 0.497 e. The van der Waals surface area contributed by atoms with Crippen molar-refractivity contribution < 1.29 is 14.3 Å². The number of ether oxygens (including phenoxy) is 1. The van der Waals surface area contributed by atoms with Gasteiger partial charge in [0.1, 0.15) is 5.75 Å². The molecule has 3 aromatic rings. The van der Waals surface area contributed by atoms with Gasteiger partial charge in [-0.2, -0.15) is 0 Å². The van der Waals surface area contributed by atoms with E-state index in [0.29, 0.717) is 44.6 Å². The van der Waals surface area contributed by atoms with Gasteiger partial charge < -0.3 is 19.9 Å². The number of halogens is 2. The summed E-state index contributed by atoms with van der Waals surface area (Å²) in [4.78, 5) is 24.7. The van der Waals surface area contributed by atoms with E-state index in [2.05, 4.69) is 20.8 Å². The Balaban J connectivity index is 1.57. The van der Waals surface area contributed by atoms with Gasteiger partial charge in [0, 0.05) is 23.9 Å². The number of benzene rings is 2. The van der Waals surface area contributed by atoms with E-state index in [1.54, 1.807) is 43.5 Å². The molecule has 0 saturated carbocycles. The van der Waals surface area contributed by atoms with Crippen molar-refractivity contribution in [3.63, 3.8) is 0 Å². The second-order valence-corrected chi connectivity index (χ2v) is 8.28. The molecule has 0 bridgehead atoms. The van der Waals surface area contributed by atoms with Crippen molar-refractivity contribution in [1.29, 1.82) is 0 Å². The molecule has 0 aliphatic carbocycles. The number of methoxy groups -OCH3 is 1. The first-order chi connectivity index (χ1) is 15.4. The first-order valence-corrected chi connectivity index (χ1v) is 11.4. The van der Waals surface area contributed by atoms with Gasteiger partial charge >= 0.3 is 0 Å². The minimum Gasteiger partial charge on any atom is -0.497 e. The monoisotopic (exact) mass is 493 g/mol. The van der Waals surface area contributed by atoms with Crippen LogP contribution in [-0.2, 0) is 17.9 Å². The van der Waals surface area contributed by atoms with Crippen LogP contribution in [-0.4, -0.2) is 39.4 Å². The number of hydrogen-bond acceptors (Lipinski definition) is 6. The van der Waals surface area contributed by atoms with Crippen LogP contribution >= 0.6 is 35.0 Å². The number of rotatable bonds is 9. The zero-order valence-electron chi connectivity index (χ0n) is 17.4. The molecule has 2 N–H and O–H groups in total. The summed E-state index contributed by atoms with van der Waals surface area (Å²) in [6, 6.07) is 11.8. The van der Waals surface area contributed by atoms with E-state index >= 15 is 0 Å². The number of amides is 2. The SMILES string of the molecule is CCn1c(CNC(=O)c2ccc(Cl)c(Cl)c2)nnc1SCC(=O)Nc1cccc(OC)c1. The Labute approximate surface area is 199 Å². The average Bonchev–Trinajstić information content (AvgIpc) is 3.19. The van der Waals surface area contributed by atoms with Crippen LogP contribution in [0.15, 0.2) is 47.6 Å². The number of carbonyl (C=O) groups is 2. The molecule has 3 rings (SSSR count). The molecule has 2 amide bonds. The lowest BCUT2D eigenvalue weighted by atomic mass is 10.2. The van der Waals surface area contributed by atoms with Gasteiger partial charge in [0.2, 0.25) is 5.91 Å². The van der Waals surface area contributed by atoms with Crippen molar-refractivity contribution >= 4 is 52.5 Å². The highest BCUT2D eigenvalue weighted by atomic mass is 35.5. The predicted molar refractivity (Wildman–Crippen MR) is 126 cm³/mol. The van der Waals surface area contributed by atoms with Crippen molar-refractivity contribution in [3.8, 4) is 5.75 Å². The third-order valence-corrected chi connectivity index (χ3v) is 6.09. The number of thioether (sulfide) groups is 1. The van der Waals surface area contributed by atoms with E-state index in [0.717, 1.165) is 0 Å². The van der Waals surface area contributed by atoms with Gasteiger partial charge in [-0.15, -0.1) is 10.2 Å². The number of nitrogens with zero attached hydrogens (tertiary/aromatic N) is 3. The summed E-state index contributed by atoms with van der Waals surface area (Å²) in [5, 5.41) is 15.2. The molecule has 0 fully saturated rings. The smallest absolute Gasteiger partial charge is 0.251 e. The van der Waals surface area contributed by atoms with Crippen LogP contribution in [0, 0.1) is 0 Å². The van der Waals surface area contributed by atoms with Crippen molar-refractivity contribution in [1.82, 2.24) is 20.1 Å².